The van der Waals surface area contributed by atoms with Crippen molar-refractivity contribution in [1.29, 1.82) is 0 Å². The number of hydrogen-bond acceptors (Lipinski definition) is 4. The average Bonchev–Trinajstić information content (AvgIpc) is 2.01. The molecule has 0 atom stereocenters. The fourth-order valence-electron chi connectivity index (χ4n) is 1.05. The van der Waals surface area contributed by atoms with E-state index < -0.39 is 0 Å². The van der Waals surface area contributed by atoms with Gasteiger partial charge in [-0.3, -0.25) is 0 Å². The van der Waals surface area contributed by atoms with Gasteiger partial charge in [0.2, 0.25) is 0 Å². The maximum absolute atomic E-state index is 5.85. The molecule has 12 heavy (non-hydrogen) atoms. The van der Waals surface area contributed by atoms with E-state index in [1.165, 1.54) is 10.8 Å². The van der Waals surface area contributed by atoms with E-state index in [1.54, 1.807) is 0 Å². The lowest BCUT2D eigenvalue weighted by atomic mass is 10.1. The molecule has 1 rings (SSSR count). The third-order valence-electron chi connectivity index (χ3n) is 1.97. The van der Waals surface area contributed by atoms with E-state index in [1.807, 2.05) is 19.9 Å². The molecule has 0 aromatic heterocycles. The summed E-state index contributed by atoms with van der Waals surface area (Å²) in [6.45, 7) is 3.98. The number of thiol groups is 1. The van der Waals surface area contributed by atoms with Crippen molar-refractivity contribution < 1.29 is 0 Å². The third-order valence-corrected chi connectivity index (χ3v) is 3.15. The zero-order chi connectivity index (χ0) is 9.30. The van der Waals surface area contributed by atoms with E-state index in [4.69, 9.17) is 11.5 Å². The van der Waals surface area contributed by atoms with Crippen LogP contribution in [-0.2, 0) is 0 Å². The molecular weight excluding hydrogens is 188 g/mol. The average molecular weight is 200 g/mol. The van der Waals surface area contributed by atoms with Crippen LogP contribution in [-0.4, -0.2) is 0 Å². The van der Waals surface area contributed by atoms with Gasteiger partial charge in [0.15, 0.2) is 0 Å². The number of hydrogen-bond donors (Lipinski definition) is 3. The van der Waals surface area contributed by atoms with Gasteiger partial charge < -0.3 is 11.5 Å². The summed E-state index contributed by atoms with van der Waals surface area (Å²) in [5.41, 5.74) is 15.2. The van der Waals surface area contributed by atoms with Crippen LogP contribution in [0, 0.1) is 13.8 Å². The van der Waals surface area contributed by atoms with Gasteiger partial charge in [0.05, 0.1) is 10.6 Å². The molecule has 0 aliphatic heterocycles. The minimum Gasteiger partial charge on any atom is -0.398 e. The van der Waals surface area contributed by atoms with E-state index in [-0.39, 0.29) is 0 Å². The highest BCUT2D eigenvalue weighted by Crippen LogP contribution is 2.36. The number of nitrogens with two attached hydrogens (primary N) is 2. The molecule has 1 aromatic rings. The zero-order valence-corrected chi connectivity index (χ0v) is 8.80. The Morgan fingerprint density at radius 1 is 1.33 bits per heavy atom. The van der Waals surface area contributed by atoms with Crippen molar-refractivity contribution in [3.63, 3.8) is 0 Å². The summed E-state index contributed by atoms with van der Waals surface area (Å²) in [5.74, 6) is 0. The molecule has 66 valence electrons. The maximum Gasteiger partial charge on any atom is 0.0642 e. The summed E-state index contributed by atoms with van der Waals surface area (Å²) in [7, 11) is 1.29. The lowest BCUT2D eigenvalue weighted by Gasteiger charge is -2.11. The summed E-state index contributed by atoms with van der Waals surface area (Å²) in [5, 5.41) is 0. The monoisotopic (exact) mass is 200 g/mol. The van der Waals surface area contributed by atoms with Crippen LogP contribution in [0.5, 0.6) is 0 Å². The predicted octanol–water partition coefficient (Wildman–Crippen LogP) is 2.40. The SMILES string of the molecule is Cc1cc(N)c(SS)c(N)c1C. The Morgan fingerprint density at radius 2 is 1.92 bits per heavy atom. The molecule has 0 radical (unpaired) electrons. The topological polar surface area (TPSA) is 52.0 Å². The Hall–Kier alpha value is -0.480. The molecule has 0 amide bonds. The summed E-state index contributed by atoms with van der Waals surface area (Å²) >= 11 is 4.09. The van der Waals surface area contributed by atoms with E-state index in [9.17, 15) is 0 Å². The van der Waals surface area contributed by atoms with Crippen LogP contribution >= 0.6 is 22.5 Å². The van der Waals surface area contributed by atoms with Crippen molar-refractivity contribution in [1.82, 2.24) is 0 Å². The van der Waals surface area contributed by atoms with E-state index >= 15 is 0 Å². The number of benzene rings is 1. The largest absolute Gasteiger partial charge is 0.398 e. The quantitative estimate of drug-likeness (QED) is 0.371. The first-order valence-corrected chi connectivity index (χ1v) is 5.41. The van der Waals surface area contributed by atoms with Gasteiger partial charge in [-0.05, 0) is 31.0 Å². The van der Waals surface area contributed by atoms with Gasteiger partial charge in [0.25, 0.3) is 0 Å². The first kappa shape index (κ1) is 9.61. The minimum absolute atomic E-state index is 0.704. The Morgan fingerprint density at radius 3 is 2.42 bits per heavy atom. The van der Waals surface area contributed by atoms with Crippen LogP contribution in [0.4, 0.5) is 11.4 Å². The fraction of sp³-hybridized carbons (Fsp3) is 0.250. The first-order chi connectivity index (χ1) is 5.57. The Balaban J connectivity index is 3.40. The third kappa shape index (κ3) is 1.49. The number of anilines is 2. The maximum atomic E-state index is 5.85. The molecular formula is C8H12N2S2. The number of nitrogen functional groups attached to an aromatic ring is 2. The molecule has 0 fully saturated rings. The highest BCUT2D eigenvalue weighted by Gasteiger charge is 2.08. The smallest absolute Gasteiger partial charge is 0.0642 e. The molecule has 0 saturated carbocycles. The lowest BCUT2D eigenvalue weighted by Crippen LogP contribution is -1.99. The molecule has 0 unspecified atom stereocenters. The van der Waals surface area contributed by atoms with Crippen LogP contribution in [0.1, 0.15) is 11.1 Å². The van der Waals surface area contributed by atoms with Crippen LogP contribution in [0.2, 0.25) is 0 Å². The normalized spacial score (nSPS) is 10.2. The van der Waals surface area contributed by atoms with Gasteiger partial charge in [0, 0.05) is 5.69 Å². The highest BCUT2D eigenvalue weighted by atomic mass is 33.1. The second-order valence-electron chi connectivity index (χ2n) is 2.74. The van der Waals surface area contributed by atoms with Crippen LogP contribution < -0.4 is 11.5 Å². The number of aryl methyl sites for hydroxylation is 1. The summed E-state index contributed by atoms with van der Waals surface area (Å²) in [6, 6.07) is 1.92. The van der Waals surface area contributed by atoms with Gasteiger partial charge in [-0.15, -0.1) is 11.7 Å². The van der Waals surface area contributed by atoms with Crippen molar-refractivity contribution in [2.24, 2.45) is 0 Å². The summed E-state index contributed by atoms with van der Waals surface area (Å²) in [6.07, 6.45) is 0. The van der Waals surface area contributed by atoms with E-state index in [2.05, 4.69) is 11.7 Å². The van der Waals surface area contributed by atoms with Gasteiger partial charge in [-0.25, -0.2) is 0 Å². The molecule has 4 N–H and O–H groups in total. The molecule has 0 heterocycles. The van der Waals surface area contributed by atoms with Crippen molar-refractivity contribution in [2.75, 3.05) is 11.5 Å². The predicted molar refractivity (Wildman–Crippen MR) is 59.6 cm³/mol. The lowest BCUT2D eigenvalue weighted by molar-refractivity contribution is 1.29. The van der Waals surface area contributed by atoms with Crippen molar-refractivity contribution in [2.45, 2.75) is 18.7 Å². The second-order valence-corrected chi connectivity index (χ2v) is 3.88. The van der Waals surface area contributed by atoms with E-state index in [0.29, 0.717) is 5.69 Å². The first-order valence-electron chi connectivity index (χ1n) is 3.54. The van der Waals surface area contributed by atoms with Gasteiger partial charge in [-0.1, -0.05) is 10.8 Å². The summed E-state index contributed by atoms with van der Waals surface area (Å²) < 4.78 is 0. The highest BCUT2D eigenvalue weighted by molar-refractivity contribution is 8.68. The fourth-order valence-corrected chi connectivity index (χ4v) is 2.07. The Bertz CT molecular complexity index is 310. The van der Waals surface area contributed by atoms with Crippen LogP contribution in [0.25, 0.3) is 0 Å². The van der Waals surface area contributed by atoms with Gasteiger partial charge in [0.1, 0.15) is 0 Å². The Kier molecular flexibility index (Phi) is 2.80. The minimum atomic E-state index is 0.704. The molecule has 1 aromatic carbocycles. The molecule has 0 aliphatic rings. The zero-order valence-electron chi connectivity index (χ0n) is 7.09. The number of rotatable bonds is 1. The van der Waals surface area contributed by atoms with Crippen LogP contribution in [0.15, 0.2) is 11.0 Å². The second kappa shape index (κ2) is 3.49. The molecule has 0 bridgehead atoms. The molecule has 0 spiro atoms. The van der Waals surface area contributed by atoms with Gasteiger partial charge in [-0.2, -0.15) is 0 Å². The Labute approximate surface area is 81.5 Å². The molecule has 4 heteroatoms. The van der Waals surface area contributed by atoms with E-state index in [0.717, 1.165) is 21.7 Å². The van der Waals surface area contributed by atoms with Crippen LogP contribution in [0.3, 0.4) is 0 Å². The van der Waals surface area contributed by atoms with Crippen molar-refractivity contribution in [3.8, 4) is 0 Å². The van der Waals surface area contributed by atoms with Crippen molar-refractivity contribution in [3.05, 3.63) is 17.2 Å². The molecule has 2 nitrogen and oxygen atoms in total. The summed E-state index contributed by atoms with van der Waals surface area (Å²) in [4.78, 5) is 0.862. The standard InChI is InChI=1S/C8H12N2S2/c1-4-3-6(9)8(12-11)7(10)5(4)2/h3,11H,9-10H2,1-2H3. The molecule has 0 saturated heterocycles. The molecule has 0 aliphatic carbocycles. The van der Waals surface area contributed by atoms with Gasteiger partial charge >= 0.3 is 0 Å². The van der Waals surface area contributed by atoms with Crippen molar-refractivity contribution >= 4 is 33.8 Å².